The molecule has 0 heterocycles. The molecule has 0 amide bonds. The second kappa shape index (κ2) is 6.12. The van der Waals surface area contributed by atoms with Crippen molar-refractivity contribution in [3.8, 4) is 0 Å². The Morgan fingerprint density at radius 2 is 1.89 bits per heavy atom. The molecule has 3 nitrogen and oxygen atoms in total. The van der Waals surface area contributed by atoms with Crippen molar-refractivity contribution in [1.82, 2.24) is 0 Å². The minimum absolute atomic E-state index is 0.368. The minimum Gasteiger partial charge on any atom is -0.460 e. The monoisotopic (exact) mass is 304 g/mol. The smallest absolute Gasteiger partial charge is 0.312 e. The largest absolute Gasteiger partial charge is 0.460 e. The molecule has 0 aliphatic carbocycles. The molecule has 0 saturated heterocycles. The van der Waals surface area contributed by atoms with Crippen LogP contribution in [0.3, 0.4) is 0 Å². The van der Waals surface area contributed by atoms with Crippen LogP contribution in [0.2, 0.25) is 10.0 Å². The summed E-state index contributed by atoms with van der Waals surface area (Å²) >= 11 is 11.9. The van der Waals surface area contributed by atoms with Gasteiger partial charge in [-0.2, -0.15) is 0 Å². The summed E-state index contributed by atoms with van der Waals surface area (Å²) in [6.07, 6.45) is -1.05. The summed E-state index contributed by atoms with van der Waals surface area (Å²) in [6.45, 7) is 6.92. The second-order valence-corrected chi connectivity index (χ2v) is 6.28. The predicted molar refractivity (Wildman–Crippen MR) is 76.4 cm³/mol. The zero-order valence-corrected chi connectivity index (χ0v) is 12.9. The van der Waals surface area contributed by atoms with Gasteiger partial charge < -0.3 is 9.84 Å². The highest BCUT2D eigenvalue weighted by atomic mass is 35.5. The Hall–Kier alpha value is -0.770. The Morgan fingerprint density at radius 3 is 2.42 bits per heavy atom. The van der Waals surface area contributed by atoms with Gasteiger partial charge in [0.25, 0.3) is 0 Å². The van der Waals surface area contributed by atoms with Crippen molar-refractivity contribution >= 4 is 29.2 Å². The molecule has 0 radical (unpaired) electrons. The molecular weight excluding hydrogens is 287 g/mol. The third kappa shape index (κ3) is 4.68. The Labute approximate surface area is 123 Å². The van der Waals surface area contributed by atoms with Gasteiger partial charge in [0, 0.05) is 15.6 Å². The minimum atomic E-state index is -1.05. The number of aliphatic hydroxyl groups excluding tert-OH is 1. The molecule has 0 aromatic heterocycles. The second-order valence-electron chi connectivity index (χ2n) is 5.43. The number of benzene rings is 1. The summed E-state index contributed by atoms with van der Waals surface area (Å²) in [7, 11) is 0. The molecule has 2 atom stereocenters. The van der Waals surface area contributed by atoms with Crippen LogP contribution in [0.25, 0.3) is 0 Å². The molecule has 19 heavy (non-hydrogen) atoms. The van der Waals surface area contributed by atoms with E-state index in [2.05, 4.69) is 0 Å². The van der Waals surface area contributed by atoms with Crippen LogP contribution >= 0.6 is 23.2 Å². The lowest BCUT2D eigenvalue weighted by molar-refractivity contribution is -0.163. The maximum atomic E-state index is 11.9. The molecule has 0 aliphatic rings. The lowest BCUT2D eigenvalue weighted by Crippen LogP contribution is -2.30. The molecule has 0 spiro atoms. The average molecular weight is 305 g/mol. The number of rotatable bonds is 3. The molecule has 2 unspecified atom stereocenters. The van der Waals surface area contributed by atoms with Crippen molar-refractivity contribution in [3.05, 3.63) is 33.8 Å². The maximum Gasteiger partial charge on any atom is 0.312 e. The molecule has 0 aliphatic heterocycles. The van der Waals surface area contributed by atoms with Crippen LogP contribution < -0.4 is 0 Å². The van der Waals surface area contributed by atoms with E-state index in [1.807, 2.05) is 0 Å². The molecular formula is C14H18Cl2O3. The summed E-state index contributed by atoms with van der Waals surface area (Å²) in [5, 5.41) is 11.0. The van der Waals surface area contributed by atoms with E-state index >= 15 is 0 Å². The van der Waals surface area contributed by atoms with Gasteiger partial charge in [-0.05, 0) is 45.9 Å². The van der Waals surface area contributed by atoms with Crippen LogP contribution in [0.15, 0.2) is 18.2 Å². The third-order valence-corrected chi connectivity index (χ3v) is 3.11. The van der Waals surface area contributed by atoms with Gasteiger partial charge >= 0.3 is 5.97 Å². The molecule has 1 N–H and O–H groups in total. The third-order valence-electron chi connectivity index (χ3n) is 2.53. The normalized spacial score (nSPS) is 14.9. The van der Waals surface area contributed by atoms with Crippen molar-refractivity contribution in [2.45, 2.75) is 39.4 Å². The summed E-state index contributed by atoms with van der Waals surface area (Å²) in [6, 6.07) is 4.76. The highest BCUT2D eigenvalue weighted by molar-refractivity contribution is 6.33. The molecule has 0 bridgehead atoms. The quantitative estimate of drug-likeness (QED) is 0.858. The molecule has 1 rings (SSSR count). The molecule has 0 saturated carbocycles. The lowest BCUT2D eigenvalue weighted by Gasteiger charge is -2.25. The summed E-state index contributed by atoms with van der Waals surface area (Å²) < 4.78 is 5.24. The predicted octanol–water partition coefficient (Wildman–Crippen LogP) is 4.00. The van der Waals surface area contributed by atoms with Crippen molar-refractivity contribution in [1.29, 1.82) is 0 Å². The van der Waals surface area contributed by atoms with Gasteiger partial charge in [-0.1, -0.05) is 23.2 Å². The molecule has 0 fully saturated rings. The number of esters is 1. The maximum absolute atomic E-state index is 11.9. The number of carbonyl (C=O) groups excluding carboxylic acids is 1. The Kier molecular flexibility index (Phi) is 5.25. The van der Waals surface area contributed by atoms with Gasteiger partial charge in [-0.3, -0.25) is 4.79 Å². The van der Waals surface area contributed by atoms with E-state index < -0.39 is 23.6 Å². The van der Waals surface area contributed by atoms with Gasteiger partial charge in [-0.25, -0.2) is 0 Å². The molecule has 1 aromatic rings. The van der Waals surface area contributed by atoms with Crippen LogP contribution in [-0.4, -0.2) is 16.7 Å². The van der Waals surface area contributed by atoms with Crippen LogP contribution in [0.5, 0.6) is 0 Å². The van der Waals surface area contributed by atoms with Gasteiger partial charge in [0.15, 0.2) is 0 Å². The summed E-state index contributed by atoms with van der Waals surface area (Å²) in [5.74, 6) is -1.20. The first-order valence-corrected chi connectivity index (χ1v) is 6.73. The highest BCUT2D eigenvalue weighted by Crippen LogP contribution is 2.31. The van der Waals surface area contributed by atoms with Crippen LogP contribution in [0.1, 0.15) is 39.4 Å². The van der Waals surface area contributed by atoms with E-state index in [1.54, 1.807) is 45.9 Å². The first-order chi connectivity index (χ1) is 8.61. The highest BCUT2D eigenvalue weighted by Gasteiger charge is 2.29. The number of hydrogen-bond donors (Lipinski definition) is 1. The van der Waals surface area contributed by atoms with Crippen LogP contribution in [0.4, 0.5) is 0 Å². The summed E-state index contributed by atoms with van der Waals surface area (Å²) in [5.41, 5.74) is -0.170. The van der Waals surface area contributed by atoms with Crippen molar-refractivity contribution in [3.63, 3.8) is 0 Å². The van der Waals surface area contributed by atoms with Gasteiger partial charge in [0.1, 0.15) is 5.60 Å². The fourth-order valence-corrected chi connectivity index (χ4v) is 1.94. The fraction of sp³-hybridized carbons (Fsp3) is 0.500. The van der Waals surface area contributed by atoms with Crippen molar-refractivity contribution in [2.24, 2.45) is 5.92 Å². The first-order valence-electron chi connectivity index (χ1n) is 5.97. The Morgan fingerprint density at radius 1 is 1.32 bits per heavy atom. The zero-order chi connectivity index (χ0) is 14.8. The van der Waals surface area contributed by atoms with E-state index in [0.717, 1.165) is 0 Å². The van der Waals surface area contributed by atoms with Crippen LogP contribution in [0, 0.1) is 5.92 Å². The first kappa shape index (κ1) is 16.3. The topological polar surface area (TPSA) is 46.5 Å². The van der Waals surface area contributed by atoms with Gasteiger partial charge in [0.05, 0.1) is 12.0 Å². The number of ether oxygens (including phenoxy) is 1. The van der Waals surface area contributed by atoms with E-state index in [9.17, 15) is 9.90 Å². The van der Waals surface area contributed by atoms with E-state index in [-0.39, 0.29) is 0 Å². The number of hydrogen-bond acceptors (Lipinski definition) is 3. The Balaban J connectivity index is 2.90. The number of halogens is 2. The SMILES string of the molecule is CC(C(=O)OC(C)(C)C)C(O)c1cc(Cl)ccc1Cl. The van der Waals surface area contributed by atoms with Crippen LogP contribution in [-0.2, 0) is 9.53 Å². The molecule has 5 heteroatoms. The molecule has 106 valence electrons. The number of aliphatic hydroxyl groups is 1. The van der Waals surface area contributed by atoms with E-state index in [1.165, 1.54) is 0 Å². The van der Waals surface area contributed by atoms with E-state index in [4.69, 9.17) is 27.9 Å². The summed E-state index contributed by atoms with van der Waals surface area (Å²) in [4.78, 5) is 11.9. The Bertz CT molecular complexity index is 466. The lowest BCUT2D eigenvalue weighted by atomic mass is 9.97. The number of carbonyl (C=O) groups is 1. The van der Waals surface area contributed by atoms with Gasteiger partial charge in [0.2, 0.25) is 0 Å². The fourth-order valence-electron chi connectivity index (χ4n) is 1.53. The average Bonchev–Trinajstić information content (AvgIpc) is 2.28. The zero-order valence-electron chi connectivity index (χ0n) is 11.4. The van der Waals surface area contributed by atoms with E-state index in [0.29, 0.717) is 15.6 Å². The van der Waals surface area contributed by atoms with Gasteiger partial charge in [-0.15, -0.1) is 0 Å². The molecule has 1 aromatic carbocycles. The standard InChI is InChI=1S/C14H18Cl2O3/c1-8(13(18)19-14(2,3)4)12(17)10-7-9(15)5-6-11(10)16/h5-8,12,17H,1-4H3. The van der Waals surface area contributed by atoms with Crippen molar-refractivity contribution in [2.75, 3.05) is 0 Å². The van der Waals surface area contributed by atoms with Crippen molar-refractivity contribution < 1.29 is 14.6 Å².